The lowest BCUT2D eigenvalue weighted by Gasteiger charge is -2.30. The van der Waals surface area contributed by atoms with Crippen molar-refractivity contribution in [2.45, 2.75) is 69.6 Å². The Kier molecular flexibility index (Phi) is 5.09. The molecular weight excluding hydrogens is 330 g/mol. The Morgan fingerprint density at radius 1 is 1.27 bits per heavy atom. The first-order chi connectivity index (χ1) is 12.6. The molecule has 7 heteroatoms. The first-order valence-electron chi connectivity index (χ1n) is 9.82. The molecule has 2 saturated carbocycles. The zero-order valence-electron chi connectivity index (χ0n) is 15.7. The van der Waals surface area contributed by atoms with Gasteiger partial charge in [-0.25, -0.2) is 14.8 Å². The summed E-state index contributed by atoms with van der Waals surface area (Å²) in [6, 6.07) is 0.471. The predicted octanol–water partition coefficient (Wildman–Crippen LogP) is 2.43. The molecule has 0 spiro atoms. The quantitative estimate of drug-likeness (QED) is 0.844. The molecule has 1 aliphatic heterocycles. The Labute approximate surface area is 154 Å². The van der Waals surface area contributed by atoms with Crippen molar-refractivity contribution in [1.29, 1.82) is 0 Å². The number of anilines is 1. The van der Waals surface area contributed by atoms with Gasteiger partial charge in [0.15, 0.2) is 0 Å². The van der Waals surface area contributed by atoms with E-state index in [-0.39, 0.29) is 12.1 Å². The van der Waals surface area contributed by atoms with Crippen LogP contribution in [-0.2, 0) is 4.74 Å². The van der Waals surface area contributed by atoms with Crippen molar-refractivity contribution in [2.24, 2.45) is 0 Å². The average Bonchev–Trinajstić information content (AvgIpc) is 3.18. The lowest BCUT2D eigenvalue weighted by Crippen LogP contribution is -2.49. The number of methoxy groups -OCH3 is 1. The first-order valence-corrected chi connectivity index (χ1v) is 9.82. The molecule has 26 heavy (non-hydrogen) atoms. The summed E-state index contributed by atoms with van der Waals surface area (Å²) in [5, 5.41) is 6.20. The van der Waals surface area contributed by atoms with Crippen molar-refractivity contribution in [1.82, 2.24) is 20.2 Å². The number of carbonyl (C=O) groups excluding carboxylic acids is 1. The largest absolute Gasteiger partial charge is 0.380 e. The van der Waals surface area contributed by atoms with Gasteiger partial charge in [-0.2, -0.15) is 0 Å². The van der Waals surface area contributed by atoms with Crippen LogP contribution < -0.4 is 10.6 Å². The van der Waals surface area contributed by atoms with E-state index in [1.807, 2.05) is 6.92 Å². The summed E-state index contributed by atoms with van der Waals surface area (Å²) in [7, 11) is 1.78. The van der Waals surface area contributed by atoms with Gasteiger partial charge in [0.25, 0.3) is 0 Å². The highest BCUT2D eigenvalue weighted by atomic mass is 16.5. The van der Waals surface area contributed by atoms with Crippen LogP contribution in [0, 0.1) is 6.92 Å². The van der Waals surface area contributed by atoms with E-state index < -0.39 is 0 Å². The Bertz CT molecular complexity index is 663. The maximum Gasteiger partial charge on any atom is 0.319 e. The Hall–Kier alpha value is -1.73. The zero-order valence-corrected chi connectivity index (χ0v) is 15.7. The molecule has 2 N–H and O–H groups in total. The SMILES string of the molecule is COC1CCN([C@@H]2CCC[C@@H]2NC(=O)Nc2cnc(C)nc2C2CC2)C1. The number of hydrogen-bond acceptors (Lipinski definition) is 5. The van der Waals surface area contributed by atoms with Gasteiger partial charge in [-0.3, -0.25) is 4.90 Å². The molecule has 142 valence electrons. The Morgan fingerprint density at radius 2 is 2.12 bits per heavy atom. The van der Waals surface area contributed by atoms with Gasteiger partial charge in [0, 0.05) is 38.2 Å². The highest BCUT2D eigenvalue weighted by molar-refractivity contribution is 5.90. The van der Waals surface area contributed by atoms with Gasteiger partial charge < -0.3 is 15.4 Å². The molecule has 2 amide bonds. The number of amides is 2. The molecule has 2 heterocycles. The summed E-state index contributed by atoms with van der Waals surface area (Å²) in [4.78, 5) is 23.9. The van der Waals surface area contributed by atoms with Gasteiger partial charge in [0.05, 0.1) is 23.7 Å². The number of rotatable bonds is 5. The van der Waals surface area contributed by atoms with Crippen molar-refractivity contribution in [3.05, 3.63) is 17.7 Å². The van der Waals surface area contributed by atoms with Gasteiger partial charge in [0.2, 0.25) is 0 Å². The van der Waals surface area contributed by atoms with E-state index in [0.29, 0.717) is 18.1 Å². The summed E-state index contributed by atoms with van der Waals surface area (Å²) in [5.41, 5.74) is 1.74. The summed E-state index contributed by atoms with van der Waals surface area (Å²) in [6.07, 6.45) is 8.78. The topological polar surface area (TPSA) is 79.4 Å². The van der Waals surface area contributed by atoms with Crippen LogP contribution in [0.4, 0.5) is 10.5 Å². The fraction of sp³-hybridized carbons (Fsp3) is 0.737. The van der Waals surface area contributed by atoms with Crippen LogP contribution in [0.25, 0.3) is 0 Å². The minimum absolute atomic E-state index is 0.140. The van der Waals surface area contributed by atoms with Crippen LogP contribution >= 0.6 is 0 Å². The fourth-order valence-corrected chi connectivity index (χ4v) is 4.37. The maximum absolute atomic E-state index is 12.6. The van der Waals surface area contributed by atoms with Crippen LogP contribution in [0.1, 0.15) is 56.0 Å². The lowest BCUT2D eigenvalue weighted by molar-refractivity contribution is 0.0985. The molecule has 4 rings (SSSR count). The van der Waals surface area contributed by atoms with Crippen molar-refractivity contribution < 1.29 is 9.53 Å². The standard InChI is InChI=1S/C19H29N5O2/c1-12-20-10-16(18(21-12)13-6-7-13)23-19(25)22-15-4-3-5-17(15)24-9-8-14(11-24)26-2/h10,13-15,17H,3-9,11H2,1-2H3,(H2,22,23,25)/t14?,15-,17+/m0/s1. The monoisotopic (exact) mass is 359 g/mol. The molecule has 1 aromatic heterocycles. The number of aromatic nitrogens is 2. The Morgan fingerprint density at radius 3 is 2.85 bits per heavy atom. The predicted molar refractivity (Wildman–Crippen MR) is 99.3 cm³/mol. The normalized spacial score (nSPS) is 29.1. The minimum Gasteiger partial charge on any atom is -0.380 e. The molecule has 3 fully saturated rings. The zero-order chi connectivity index (χ0) is 18.1. The molecular formula is C19H29N5O2. The molecule has 0 radical (unpaired) electrons. The number of urea groups is 1. The van der Waals surface area contributed by atoms with Crippen LogP contribution in [0.2, 0.25) is 0 Å². The second kappa shape index (κ2) is 7.48. The lowest BCUT2D eigenvalue weighted by atomic mass is 10.1. The second-order valence-electron chi connectivity index (χ2n) is 7.83. The summed E-state index contributed by atoms with van der Waals surface area (Å²) in [5.74, 6) is 1.23. The number of likely N-dealkylation sites (tertiary alicyclic amines) is 1. The van der Waals surface area contributed by atoms with Crippen LogP contribution in [-0.4, -0.2) is 59.3 Å². The fourth-order valence-electron chi connectivity index (χ4n) is 4.37. The smallest absolute Gasteiger partial charge is 0.319 e. The van der Waals surface area contributed by atoms with Crippen molar-refractivity contribution in [3.63, 3.8) is 0 Å². The van der Waals surface area contributed by atoms with Gasteiger partial charge in [0.1, 0.15) is 5.82 Å². The van der Waals surface area contributed by atoms with Gasteiger partial charge in [-0.1, -0.05) is 0 Å². The highest BCUT2D eigenvalue weighted by Crippen LogP contribution is 2.42. The number of nitrogens with zero attached hydrogens (tertiary/aromatic N) is 3. The van der Waals surface area contributed by atoms with Crippen LogP contribution in [0.15, 0.2) is 6.20 Å². The summed E-state index contributed by atoms with van der Waals surface area (Å²) in [6.45, 7) is 3.92. The minimum atomic E-state index is -0.140. The van der Waals surface area contributed by atoms with Crippen molar-refractivity contribution >= 4 is 11.7 Å². The van der Waals surface area contributed by atoms with E-state index in [0.717, 1.165) is 68.8 Å². The maximum atomic E-state index is 12.6. The highest BCUT2D eigenvalue weighted by Gasteiger charge is 2.37. The molecule has 2 aliphatic carbocycles. The van der Waals surface area contributed by atoms with Gasteiger partial charge in [-0.15, -0.1) is 0 Å². The number of aryl methyl sites for hydroxylation is 1. The molecule has 1 unspecified atom stereocenters. The van der Waals surface area contributed by atoms with Crippen LogP contribution in [0.5, 0.6) is 0 Å². The van der Waals surface area contributed by atoms with E-state index in [1.165, 1.54) is 0 Å². The van der Waals surface area contributed by atoms with Gasteiger partial charge in [-0.05, 0) is 45.4 Å². The molecule has 7 nitrogen and oxygen atoms in total. The van der Waals surface area contributed by atoms with E-state index in [1.54, 1.807) is 13.3 Å². The molecule has 1 saturated heterocycles. The van der Waals surface area contributed by atoms with Crippen molar-refractivity contribution in [3.8, 4) is 0 Å². The first kappa shape index (κ1) is 17.7. The second-order valence-corrected chi connectivity index (χ2v) is 7.83. The van der Waals surface area contributed by atoms with Crippen molar-refractivity contribution in [2.75, 3.05) is 25.5 Å². The number of ether oxygens (including phenoxy) is 1. The third-order valence-electron chi connectivity index (χ3n) is 5.93. The third kappa shape index (κ3) is 3.83. The average molecular weight is 359 g/mol. The van der Waals surface area contributed by atoms with E-state index in [2.05, 4.69) is 25.5 Å². The number of carbonyl (C=O) groups is 1. The van der Waals surface area contributed by atoms with E-state index in [9.17, 15) is 4.79 Å². The number of nitrogens with one attached hydrogen (secondary N) is 2. The van der Waals surface area contributed by atoms with Gasteiger partial charge >= 0.3 is 6.03 Å². The van der Waals surface area contributed by atoms with E-state index in [4.69, 9.17) is 4.74 Å². The van der Waals surface area contributed by atoms with Crippen LogP contribution in [0.3, 0.4) is 0 Å². The molecule has 1 aromatic rings. The molecule has 0 bridgehead atoms. The molecule has 0 aromatic carbocycles. The third-order valence-corrected chi connectivity index (χ3v) is 5.93. The molecule has 3 atom stereocenters. The number of hydrogen-bond donors (Lipinski definition) is 2. The summed E-state index contributed by atoms with van der Waals surface area (Å²) >= 11 is 0. The molecule has 3 aliphatic rings. The Balaban J connectivity index is 1.37. The van der Waals surface area contributed by atoms with E-state index >= 15 is 0 Å². The summed E-state index contributed by atoms with van der Waals surface area (Å²) < 4.78 is 5.49.